The van der Waals surface area contributed by atoms with E-state index in [2.05, 4.69) is 36.4 Å². The van der Waals surface area contributed by atoms with Gasteiger partial charge in [0, 0.05) is 5.41 Å². The maximum atomic E-state index is 11.2. The van der Waals surface area contributed by atoms with Crippen LogP contribution in [0.3, 0.4) is 0 Å². The largest absolute Gasteiger partial charge is 0.508 e. The van der Waals surface area contributed by atoms with Crippen LogP contribution in [0.2, 0.25) is 0 Å². The standard InChI is InChI=1S/C43H56O3/c44-40-22-19-33(26-37(40)30-12-4-1-5-13-30)34-18-10-11-25-43(29-34,35-20-23-41(45)38(27-35)31-14-6-2-7-15-31)36-21-24-42(46)39(28-36)32-16-8-3-9-17-32/h19-24,26-28,30-32,34,44-46H,1-18,25,29H2. The number of phenols is 3. The number of benzene rings is 3. The fourth-order valence-electron chi connectivity index (χ4n) is 10.2. The van der Waals surface area contributed by atoms with E-state index in [9.17, 15) is 15.3 Å². The van der Waals surface area contributed by atoms with Gasteiger partial charge in [0.25, 0.3) is 0 Å². The molecule has 246 valence electrons. The summed E-state index contributed by atoms with van der Waals surface area (Å²) in [7, 11) is 0. The van der Waals surface area contributed by atoms with Crippen molar-refractivity contribution in [3.05, 3.63) is 88.0 Å². The van der Waals surface area contributed by atoms with Gasteiger partial charge in [0.1, 0.15) is 17.2 Å². The van der Waals surface area contributed by atoms with E-state index >= 15 is 0 Å². The molecule has 0 heterocycles. The summed E-state index contributed by atoms with van der Waals surface area (Å²) in [5.74, 6) is 3.10. The summed E-state index contributed by atoms with van der Waals surface area (Å²) in [6.45, 7) is 0. The van der Waals surface area contributed by atoms with Crippen LogP contribution < -0.4 is 0 Å². The lowest BCUT2D eigenvalue weighted by Gasteiger charge is -2.38. The first-order valence-electron chi connectivity index (χ1n) is 19.0. The molecule has 0 bridgehead atoms. The van der Waals surface area contributed by atoms with E-state index in [1.54, 1.807) is 0 Å². The Morgan fingerprint density at radius 3 is 1.28 bits per heavy atom. The smallest absolute Gasteiger partial charge is 0.119 e. The maximum absolute atomic E-state index is 11.2. The molecule has 3 heteroatoms. The molecule has 7 rings (SSSR count). The molecule has 46 heavy (non-hydrogen) atoms. The van der Waals surface area contributed by atoms with E-state index in [0.717, 1.165) is 62.5 Å². The molecule has 1 atom stereocenters. The molecule has 0 radical (unpaired) electrons. The van der Waals surface area contributed by atoms with Crippen molar-refractivity contribution in [1.82, 2.24) is 0 Å². The minimum Gasteiger partial charge on any atom is -0.508 e. The van der Waals surface area contributed by atoms with Crippen LogP contribution in [-0.4, -0.2) is 15.3 Å². The third-order valence-electron chi connectivity index (χ3n) is 12.8. The second-order valence-electron chi connectivity index (χ2n) is 15.6. The van der Waals surface area contributed by atoms with Crippen molar-refractivity contribution < 1.29 is 15.3 Å². The van der Waals surface area contributed by atoms with Gasteiger partial charge in [-0.25, -0.2) is 0 Å². The summed E-state index contributed by atoms with van der Waals surface area (Å²) in [6, 6.07) is 19.8. The second-order valence-corrected chi connectivity index (χ2v) is 15.6. The summed E-state index contributed by atoms with van der Waals surface area (Å²) < 4.78 is 0. The zero-order chi connectivity index (χ0) is 31.5. The minimum atomic E-state index is -0.210. The van der Waals surface area contributed by atoms with Gasteiger partial charge in [-0.1, -0.05) is 107 Å². The van der Waals surface area contributed by atoms with Crippen molar-refractivity contribution in [2.45, 2.75) is 158 Å². The molecular weight excluding hydrogens is 564 g/mol. The van der Waals surface area contributed by atoms with Crippen LogP contribution in [0.5, 0.6) is 17.2 Å². The van der Waals surface area contributed by atoms with Gasteiger partial charge in [-0.3, -0.25) is 0 Å². The summed E-state index contributed by atoms with van der Waals surface area (Å²) in [4.78, 5) is 0. The lowest BCUT2D eigenvalue weighted by Crippen LogP contribution is -2.30. The highest BCUT2D eigenvalue weighted by Gasteiger charge is 2.40. The molecular formula is C43H56O3. The Kier molecular flexibility index (Phi) is 9.66. The Balaban J connectivity index is 1.33. The van der Waals surface area contributed by atoms with Crippen molar-refractivity contribution in [2.24, 2.45) is 0 Å². The molecule has 0 spiro atoms. The van der Waals surface area contributed by atoms with Gasteiger partial charge in [0.15, 0.2) is 0 Å². The molecule has 0 amide bonds. The van der Waals surface area contributed by atoms with E-state index in [-0.39, 0.29) is 5.41 Å². The SMILES string of the molecule is Oc1ccc(C2CCCCC(c3ccc(O)c(C4CCCCC4)c3)(c3ccc(O)c(C4CCCCC4)c3)C2)cc1C1CCCCC1. The topological polar surface area (TPSA) is 60.7 Å². The van der Waals surface area contributed by atoms with Crippen molar-refractivity contribution in [2.75, 3.05) is 0 Å². The number of hydrogen-bond donors (Lipinski definition) is 3. The number of rotatable bonds is 6. The van der Waals surface area contributed by atoms with E-state index < -0.39 is 0 Å². The summed E-state index contributed by atoms with van der Waals surface area (Å²) >= 11 is 0. The quantitative estimate of drug-likeness (QED) is 0.240. The van der Waals surface area contributed by atoms with Gasteiger partial charge in [0.2, 0.25) is 0 Å². The van der Waals surface area contributed by atoms with Crippen molar-refractivity contribution in [3.63, 3.8) is 0 Å². The van der Waals surface area contributed by atoms with Crippen molar-refractivity contribution >= 4 is 0 Å². The predicted molar refractivity (Wildman–Crippen MR) is 188 cm³/mol. The third kappa shape index (κ3) is 6.45. The van der Waals surface area contributed by atoms with Crippen LogP contribution in [0.15, 0.2) is 54.6 Å². The zero-order valence-electron chi connectivity index (χ0n) is 28.0. The van der Waals surface area contributed by atoms with Crippen LogP contribution >= 0.6 is 0 Å². The van der Waals surface area contributed by atoms with E-state index in [1.165, 1.54) is 99.3 Å². The Bertz CT molecular complexity index is 1400. The normalized spacial score (nSPS) is 23.6. The van der Waals surface area contributed by atoms with Gasteiger partial charge in [-0.2, -0.15) is 0 Å². The highest BCUT2D eigenvalue weighted by atomic mass is 16.3. The Morgan fingerprint density at radius 1 is 0.413 bits per heavy atom. The van der Waals surface area contributed by atoms with Gasteiger partial charge in [-0.05, 0) is 133 Å². The number of aromatic hydroxyl groups is 3. The molecule has 4 aliphatic carbocycles. The molecule has 3 aromatic rings. The van der Waals surface area contributed by atoms with E-state index in [4.69, 9.17) is 0 Å². The summed E-state index contributed by atoms with van der Waals surface area (Å²) in [5, 5.41) is 33.4. The number of phenolic OH excluding ortho intramolecular Hbond substituents is 3. The fourth-order valence-corrected chi connectivity index (χ4v) is 10.2. The van der Waals surface area contributed by atoms with Gasteiger partial charge in [-0.15, -0.1) is 0 Å². The maximum Gasteiger partial charge on any atom is 0.119 e. The van der Waals surface area contributed by atoms with Crippen LogP contribution in [-0.2, 0) is 5.41 Å². The van der Waals surface area contributed by atoms with Crippen molar-refractivity contribution in [3.8, 4) is 17.2 Å². The Morgan fingerprint density at radius 2 is 0.804 bits per heavy atom. The Labute approximate surface area is 277 Å². The lowest BCUT2D eigenvalue weighted by molar-refractivity contribution is 0.397. The molecule has 4 fully saturated rings. The van der Waals surface area contributed by atoms with Gasteiger partial charge >= 0.3 is 0 Å². The first kappa shape index (κ1) is 31.6. The monoisotopic (exact) mass is 620 g/mol. The highest BCUT2D eigenvalue weighted by molar-refractivity contribution is 5.51. The second kappa shape index (κ2) is 14.0. The van der Waals surface area contributed by atoms with Gasteiger partial charge < -0.3 is 15.3 Å². The average Bonchev–Trinajstić information content (AvgIpc) is 3.34. The molecule has 1 unspecified atom stereocenters. The molecule has 0 aromatic heterocycles. The van der Waals surface area contributed by atoms with E-state index in [0.29, 0.717) is 40.9 Å². The first-order valence-corrected chi connectivity index (χ1v) is 19.0. The molecule has 4 aliphatic rings. The predicted octanol–water partition coefficient (Wildman–Crippen LogP) is 12.0. The molecule has 3 N–H and O–H groups in total. The van der Waals surface area contributed by atoms with Crippen molar-refractivity contribution in [1.29, 1.82) is 0 Å². The van der Waals surface area contributed by atoms with Crippen LogP contribution in [0.4, 0.5) is 0 Å². The van der Waals surface area contributed by atoms with E-state index in [1.807, 2.05) is 18.2 Å². The third-order valence-corrected chi connectivity index (χ3v) is 12.8. The molecule has 4 saturated carbocycles. The molecule has 0 aliphatic heterocycles. The Hall–Kier alpha value is -2.94. The van der Waals surface area contributed by atoms with Crippen LogP contribution in [0.25, 0.3) is 0 Å². The summed E-state index contributed by atoms with van der Waals surface area (Å²) in [6.07, 6.45) is 24.0. The zero-order valence-corrected chi connectivity index (χ0v) is 28.0. The van der Waals surface area contributed by atoms with Crippen LogP contribution in [0, 0.1) is 0 Å². The molecule has 0 saturated heterocycles. The fraction of sp³-hybridized carbons (Fsp3) is 0.581. The number of hydrogen-bond acceptors (Lipinski definition) is 3. The summed E-state index contributed by atoms with van der Waals surface area (Å²) in [5.41, 5.74) is 7.30. The lowest BCUT2D eigenvalue weighted by atomic mass is 9.65. The van der Waals surface area contributed by atoms with Gasteiger partial charge in [0.05, 0.1) is 0 Å². The molecule has 3 nitrogen and oxygen atoms in total. The highest BCUT2D eigenvalue weighted by Crippen LogP contribution is 2.52. The molecule has 3 aromatic carbocycles. The van der Waals surface area contributed by atoms with Crippen LogP contribution in [0.1, 0.15) is 185 Å². The minimum absolute atomic E-state index is 0.210. The first-order chi connectivity index (χ1) is 22.5. The average molecular weight is 621 g/mol.